The zero-order valence-electron chi connectivity index (χ0n) is 15.5. The molecule has 0 atom stereocenters. The third-order valence-corrected chi connectivity index (χ3v) is 4.52. The van der Waals surface area contributed by atoms with Crippen LogP contribution in [0.25, 0.3) is 11.4 Å². The van der Waals surface area contributed by atoms with Gasteiger partial charge in [-0.3, -0.25) is 0 Å². The number of pyridine rings is 2. The average Bonchev–Trinajstić information content (AvgIpc) is 2.46. The van der Waals surface area contributed by atoms with Crippen LogP contribution in [0.15, 0.2) is 48.5 Å². The van der Waals surface area contributed by atoms with Crippen LogP contribution in [0.2, 0.25) is 0 Å². The number of aryl methyl sites for hydroxylation is 6. The Morgan fingerprint density at radius 1 is 0.458 bits per heavy atom. The topological polar surface area (TPSA) is 7.76 Å². The number of rotatable bonds is 2. The molecule has 3 rings (SSSR count). The van der Waals surface area contributed by atoms with Gasteiger partial charge in [-0.15, -0.1) is 0 Å². The monoisotopic (exact) mass is 318 g/mol. The van der Waals surface area contributed by atoms with Crippen LogP contribution in [-0.4, -0.2) is 0 Å². The van der Waals surface area contributed by atoms with Crippen LogP contribution in [0.5, 0.6) is 0 Å². The number of benzene rings is 1. The summed E-state index contributed by atoms with van der Waals surface area (Å²) in [4.78, 5) is 0. The van der Waals surface area contributed by atoms with Crippen LogP contribution < -0.4 is 9.13 Å². The lowest BCUT2D eigenvalue weighted by molar-refractivity contribution is -0.613. The van der Waals surface area contributed by atoms with Crippen molar-refractivity contribution in [1.82, 2.24) is 0 Å². The van der Waals surface area contributed by atoms with Crippen molar-refractivity contribution in [2.45, 2.75) is 41.5 Å². The van der Waals surface area contributed by atoms with Crippen molar-refractivity contribution in [3.8, 4) is 11.4 Å². The summed E-state index contributed by atoms with van der Waals surface area (Å²) < 4.78 is 4.60. The van der Waals surface area contributed by atoms with Crippen LogP contribution in [0.1, 0.15) is 33.9 Å². The molecule has 0 aliphatic carbocycles. The molecule has 0 fully saturated rings. The first-order valence-electron chi connectivity index (χ1n) is 8.47. The van der Waals surface area contributed by atoms with Crippen molar-refractivity contribution in [2.75, 3.05) is 0 Å². The van der Waals surface area contributed by atoms with E-state index in [0.717, 1.165) is 0 Å². The summed E-state index contributed by atoms with van der Waals surface area (Å²) in [6.07, 6.45) is 0. The molecule has 0 unspecified atom stereocenters. The first-order valence-corrected chi connectivity index (χ1v) is 8.47. The molecule has 2 heteroatoms. The molecule has 1 aromatic carbocycles. The number of hydrogen-bond acceptors (Lipinski definition) is 0. The van der Waals surface area contributed by atoms with Crippen molar-refractivity contribution >= 4 is 0 Å². The van der Waals surface area contributed by atoms with E-state index in [2.05, 4.69) is 99.2 Å². The van der Waals surface area contributed by atoms with E-state index in [1.807, 2.05) is 0 Å². The van der Waals surface area contributed by atoms with Gasteiger partial charge in [0.1, 0.15) is 0 Å². The Kier molecular flexibility index (Phi) is 4.23. The minimum atomic E-state index is 1.21. The summed E-state index contributed by atoms with van der Waals surface area (Å²) in [5.74, 6) is 0. The van der Waals surface area contributed by atoms with Crippen molar-refractivity contribution in [1.29, 1.82) is 0 Å². The molecule has 2 heterocycles. The zero-order valence-corrected chi connectivity index (χ0v) is 15.5. The maximum absolute atomic E-state index is 2.30. The van der Waals surface area contributed by atoms with E-state index in [4.69, 9.17) is 0 Å². The fourth-order valence-corrected chi connectivity index (χ4v) is 3.78. The molecule has 24 heavy (non-hydrogen) atoms. The second-order valence-electron chi connectivity index (χ2n) is 6.82. The normalized spacial score (nSPS) is 10.9. The van der Waals surface area contributed by atoms with Crippen LogP contribution in [-0.2, 0) is 0 Å². The maximum Gasteiger partial charge on any atom is 0.211 e. The summed E-state index contributed by atoms with van der Waals surface area (Å²) in [5, 5.41) is 0. The van der Waals surface area contributed by atoms with E-state index in [0.29, 0.717) is 0 Å². The number of hydrogen-bond donors (Lipinski definition) is 0. The molecule has 2 nitrogen and oxygen atoms in total. The predicted octanol–water partition coefficient (Wildman–Crippen LogP) is 4.09. The Bertz CT molecular complexity index is 783. The Hall–Kier alpha value is -2.48. The molecule has 0 N–H and O–H groups in total. The Morgan fingerprint density at radius 3 is 0.958 bits per heavy atom. The highest BCUT2D eigenvalue weighted by molar-refractivity contribution is 5.34. The standard InChI is InChI=1S/C22H26N2/c1-15-11-17(3)23(18(4)12-15)21-7-9-22(10-8-21)24-19(5)13-16(2)14-20(24)6/h7-14H,1-6H3/q+2. The molecule has 3 aromatic rings. The van der Waals surface area contributed by atoms with Gasteiger partial charge in [-0.05, 0) is 25.0 Å². The molecule has 0 amide bonds. The molecule has 0 aliphatic rings. The summed E-state index contributed by atoms with van der Waals surface area (Å²) in [6.45, 7) is 12.9. The second kappa shape index (κ2) is 6.20. The van der Waals surface area contributed by atoms with E-state index >= 15 is 0 Å². The van der Waals surface area contributed by atoms with Crippen LogP contribution >= 0.6 is 0 Å². The third kappa shape index (κ3) is 2.96. The Balaban J connectivity index is 2.07. The van der Waals surface area contributed by atoms with Gasteiger partial charge in [-0.25, -0.2) is 0 Å². The van der Waals surface area contributed by atoms with Gasteiger partial charge in [-0.2, -0.15) is 9.13 Å². The van der Waals surface area contributed by atoms with Gasteiger partial charge >= 0.3 is 0 Å². The molecule has 0 bridgehead atoms. The highest BCUT2D eigenvalue weighted by atomic mass is 15.0. The van der Waals surface area contributed by atoms with Crippen molar-refractivity contribution in [3.05, 3.63) is 82.4 Å². The van der Waals surface area contributed by atoms with E-state index in [-0.39, 0.29) is 0 Å². The summed E-state index contributed by atoms with van der Waals surface area (Å²) in [5.41, 5.74) is 10.1. The highest BCUT2D eigenvalue weighted by Crippen LogP contribution is 2.11. The lowest BCUT2D eigenvalue weighted by Crippen LogP contribution is -2.39. The van der Waals surface area contributed by atoms with Gasteiger partial charge in [0, 0.05) is 76.2 Å². The van der Waals surface area contributed by atoms with Crippen molar-refractivity contribution in [3.63, 3.8) is 0 Å². The molecule has 0 saturated carbocycles. The molecule has 2 aromatic heterocycles. The average molecular weight is 318 g/mol. The van der Waals surface area contributed by atoms with Crippen molar-refractivity contribution < 1.29 is 9.13 Å². The van der Waals surface area contributed by atoms with Gasteiger partial charge in [0.2, 0.25) is 11.4 Å². The Morgan fingerprint density at radius 2 is 0.708 bits per heavy atom. The molecule has 0 aliphatic heterocycles. The number of aromatic nitrogens is 2. The molecular formula is C22H26N2+2. The van der Waals surface area contributed by atoms with Crippen LogP contribution in [0, 0.1) is 41.5 Å². The molecular weight excluding hydrogens is 292 g/mol. The van der Waals surface area contributed by atoms with Crippen molar-refractivity contribution in [2.24, 2.45) is 0 Å². The summed E-state index contributed by atoms with van der Waals surface area (Å²) >= 11 is 0. The maximum atomic E-state index is 2.30. The molecule has 0 radical (unpaired) electrons. The minimum Gasteiger partial charge on any atom is -0.162 e. The smallest absolute Gasteiger partial charge is 0.162 e. The van der Waals surface area contributed by atoms with E-state index in [9.17, 15) is 0 Å². The largest absolute Gasteiger partial charge is 0.211 e. The van der Waals surface area contributed by atoms with E-state index in [1.54, 1.807) is 0 Å². The second-order valence-corrected chi connectivity index (χ2v) is 6.82. The lowest BCUT2D eigenvalue weighted by atomic mass is 10.1. The van der Waals surface area contributed by atoms with Gasteiger partial charge in [0.05, 0.1) is 0 Å². The summed E-state index contributed by atoms with van der Waals surface area (Å²) in [7, 11) is 0. The zero-order chi connectivity index (χ0) is 17.4. The van der Waals surface area contributed by atoms with E-state index < -0.39 is 0 Å². The predicted molar refractivity (Wildman–Crippen MR) is 97.9 cm³/mol. The number of nitrogens with zero attached hydrogens (tertiary/aromatic N) is 2. The van der Waals surface area contributed by atoms with Crippen LogP contribution in [0.3, 0.4) is 0 Å². The van der Waals surface area contributed by atoms with Gasteiger partial charge in [0.15, 0.2) is 22.8 Å². The van der Waals surface area contributed by atoms with Gasteiger partial charge in [0.25, 0.3) is 0 Å². The quantitative estimate of drug-likeness (QED) is 0.629. The molecule has 0 saturated heterocycles. The Labute approximate surface area is 145 Å². The van der Waals surface area contributed by atoms with Crippen LogP contribution in [0.4, 0.5) is 0 Å². The third-order valence-electron chi connectivity index (χ3n) is 4.52. The minimum absolute atomic E-state index is 1.21. The van der Waals surface area contributed by atoms with Gasteiger partial charge < -0.3 is 0 Å². The SMILES string of the molecule is Cc1cc(C)[n+](-c2ccc(-[n+]3c(C)cc(C)cc3C)cc2)c(C)c1. The summed E-state index contributed by atoms with van der Waals surface area (Å²) in [6, 6.07) is 17.7. The molecule has 0 spiro atoms. The van der Waals surface area contributed by atoms with Gasteiger partial charge in [-0.1, -0.05) is 0 Å². The highest BCUT2D eigenvalue weighted by Gasteiger charge is 2.18. The van der Waals surface area contributed by atoms with E-state index in [1.165, 1.54) is 45.3 Å². The first-order chi connectivity index (χ1) is 11.4. The fraction of sp³-hybridized carbons (Fsp3) is 0.273. The first kappa shape index (κ1) is 16.4. The molecule has 122 valence electrons. The fourth-order valence-electron chi connectivity index (χ4n) is 3.78. The lowest BCUT2D eigenvalue weighted by Gasteiger charge is -2.07.